The van der Waals surface area contributed by atoms with Gasteiger partial charge in [0.2, 0.25) is 0 Å². The maximum atomic E-state index is 11.5. The number of carbonyl (C=O) groups excluding carboxylic acids is 1. The Bertz CT molecular complexity index is 592. The van der Waals surface area contributed by atoms with Gasteiger partial charge in [-0.2, -0.15) is 4.98 Å². The Morgan fingerprint density at radius 3 is 2.95 bits per heavy atom. The number of carbonyl (C=O) groups is 1. The van der Waals surface area contributed by atoms with Crippen molar-refractivity contribution in [1.29, 1.82) is 0 Å². The second kappa shape index (κ2) is 6.23. The van der Waals surface area contributed by atoms with Crippen molar-refractivity contribution in [3.63, 3.8) is 0 Å². The van der Waals surface area contributed by atoms with Gasteiger partial charge >= 0.3 is 5.97 Å². The first kappa shape index (κ1) is 14.1. The fourth-order valence-corrected chi connectivity index (χ4v) is 1.89. The first-order valence-electron chi connectivity index (χ1n) is 6.49. The van der Waals surface area contributed by atoms with E-state index in [0.29, 0.717) is 19.2 Å². The zero-order valence-corrected chi connectivity index (χ0v) is 11.9. The van der Waals surface area contributed by atoms with Crippen molar-refractivity contribution in [3.8, 4) is 0 Å². The maximum absolute atomic E-state index is 11.5. The summed E-state index contributed by atoms with van der Waals surface area (Å²) in [6.45, 7) is 4.78. The molecular formula is C15H18N2O3. The summed E-state index contributed by atoms with van der Waals surface area (Å²) in [7, 11) is 1.86. The molecule has 0 fully saturated rings. The van der Waals surface area contributed by atoms with Crippen LogP contribution in [0, 0.1) is 6.92 Å². The Balaban J connectivity index is 2.06. The van der Waals surface area contributed by atoms with Gasteiger partial charge < -0.3 is 14.1 Å². The summed E-state index contributed by atoms with van der Waals surface area (Å²) >= 11 is 0. The van der Waals surface area contributed by atoms with Crippen LogP contribution in [-0.4, -0.2) is 24.6 Å². The number of nitrogens with zero attached hydrogens (tertiary/aromatic N) is 2. The Hall–Kier alpha value is -2.30. The van der Waals surface area contributed by atoms with E-state index < -0.39 is 5.97 Å². The molecule has 5 nitrogen and oxygen atoms in total. The molecule has 1 aromatic carbocycles. The molecular weight excluding hydrogens is 256 g/mol. The van der Waals surface area contributed by atoms with Gasteiger partial charge in [0.15, 0.2) is 5.69 Å². The molecule has 1 aromatic heterocycles. The fraction of sp³-hybridized carbons (Fsp3) is 0.333. The average Bonchev–Trinajstić information content (AvgIpc) is 2.88. The number of aryl methyl sites for hydroxylation is 1. The Morgan fingerprint density at radius 1 is 1.45 bits per heavy atom. The highest BCUT2D eigenvalue weighted by Gasteiger charge is 2.15. The molecule has 0 radical (unpaired) electrons. The molecule has 20 heavy (non-hydrogen) atoms. The molecule has 5 heteroatoms. The number of anilines is 1. The molecule has 0 bridgehead atoms. The average molecular weight is 274 g/mol. The van der Waals surface area contributed by atoms with Gasteiger partial charge in [-0.1, -0.05) is 29.8 Å². The highest BCUT2D eigenvalue weighted by atomic mass is 16.5. The second-order valence-corrected chi connectivity index (χ2v) is 4.58. The fourth-order valence-electron chi connectivity index (χ4n) is 1.89. The first-order chi connectivity index (χ1) is 9.60. The topological polar surface area (TPSA) is 55.6 Å². The van der Waals surface area contributed by atoms with Crippen LogP contribution in [0.3, 0.4) is 0 Å². The number of esters is 1. The molecule has 0 atom stereocenters. The third kappa shape index (κ3) is 3.38. The lowest BCUT2D eigenvalue weighted by Gasteiger charge is -2.14. The number of hydrogen-bond donors (Lipinski definition) is 0. The predicted molar refractivity (Wildman–Crippen MR) is 75.7 cm³/mol. The number of aromatic nitrogens is 1. The van der Waals surface area contributed by atoms with Crippen LogP contribution in [0.4, 0.5) is 6.01 Å². The highest BCUT2D eigenvalue weighted by Crippen LogP contribution is 2.16. The molecule has 0 unspecified atom stereocenters. The second-order valence-electron chi connectivity index (χ2n) is 4.58. The molecule has 0 N–H and O–H groups in total. The molecule has 0 aliphatic carbocycles. The number of hydrogen-bond acceptors (Lipinski definition) is 5. The van der Waals surface area contributed by atoms with Crippen molar-refractivity contribution in [2.24, 2.45) is 0 Å². The number of oxazole rings is 1. The lowest BCUT2D eigenvalue weighted by molar-refractivity contribution is 0.0519. The van der Waals surface area contributed by atoms with Crippen LogP contribution in [0.5, 0.6) is 0 Å². The van der Waals surface area contributed by atoms with Crippen LogP contribution >= 0.6 is 0 Å². The summed E-state index contributed by atoms with van der Waals surface area (Å²) in [5.41, 5.74) is 2.55. The molecule has 106 valence electrons. The van der Waals surface area contributed by atoms with E-state index in [1.807, 2.05) is 37.1 Å². The van der Waals surface area contributed by atoms with Gasteiger partial charge in [0, 0.05) is 13.6 Å². The maximum Gasteiger partial charge on any atom is 0.360 e. The Morgan fingerprint density at radius 2 is 2.25 bits per heavy atom. The van der Waals surface area contributed by atoms with Crippen molar-refractivity contribution in [2.45, 2.75) is 20.4 Å². The van der Waals surface area contributed by atoms with E-state index in [1.165, 1.54) is 11.8 Å². The zero-order chi connectivity index (χ0) is 14.5. The smallest absolute Gasteiger partial charge is 0.360 e. The van der Waals surface area contributed by atoms with E-state index in [0.717, 1.165) is 5.56 Å². The summed E-state index contributed by atoms with van der Waals surface area (Å²) in [5.74, 6) is -0.466. The van der Waals surface area contributed by atoms with E-state index in [1.54, 1.807) is 6.92 Å². The molecule has 0 saturated heterocycles. The van der Waals surface area contributed by atoms with Crippen molar-refractivity contribution in [2.75, 3.05) is 18.6 Å². The van der Waals surface area contributed by atoms with Gasteiger partial charge in [0.25, 0.3) is 6.01 Å². The van der Waals surface area contributed by atoms with Crippen molar-refractivity contribution in [1.82, 2.24) is 4.98 Å². The summed E-state index contributed by atoms with van der Waals surface area (Å²) in [4.78, 5) is 17.5. The molecule has 2 aromatic rings. The number of rotatable bonds is 5. The van der Waals surface area contributed by atoms with E-state index in [4.69, 9.17) is 9.15 Å². The Labute approximate surface area is 118 Å². The molecule has 1 heterocycles. The molecule has 2 rings (SSSR count). The lowest BCUT2D eigenvalue weighted by Crippen LogP contribution is -2.17. The molecule has 0 aliphatic heterocycles. The van der Waals surface area contributed by atoms with Gasteiger partial charge in [-0.15, -0.1) is 0 Å². The normalized spacial score (nSPS) is 10.3. The minimum absolute atomic E-state index is 0.193. The molecule has 0 spiro atoms. The number of ether oxygens (including phenoxy) is 1. The quantitative estimate of drug-likeness (QED) is 0.785. The summed E-state index contributed by atoms with van der Waals surface area (Å²) in [5, 5.41) is 0. The van der Waals surface area contributed by atoms with Crippen LogP contribution in [0.25, 0.3) is 0 Å². The first-order valence-corrected chi connectivity index (χ1v) is 6.49. The van der Waals surface area contributed by atoms with E-state index >= 15 is 0 Å². The van der Waals surface area contributed by atoms with Crippen molar-refractivity contribution in [3.05, 3.63) is 47.3 Å². The highest BCUT2D eigenvalue weighted by molar-refractivity contribution is 5.87. The van der Waals surface area contributed by atoms with Crippen LogP contribution in [0.2, 0.25) is 0 Å². The lowest BCUT2D eigenvalue weighted by atomic mass is 10.1. The van der Waals surface area contributed by atoms with Crippen molar-refractivity contribution < 1.29 is 13.9 Å². The summed E-state index contributed by atoms with van der Waals surface area (Å²) in [6, 6.07) is 8.60. The van der Waals surface area contributed by atoms with Gasteiger partial charge in [0.05, 0.1) is 6.61 Å². The van der Waals surface area contributed by atoms with Crippen LogP contribution < -0.4 is 4.90 Å². The van der Waals surface area contributed by atoms with Crippen LogP contribution in [-0.2, 0) is 11.3 Å². The monoisotopic (exact) mass is 274 g/mol. The molecule has 0 saturated carbocycles. The predicted octanol–water partition coefficient (Wildman–Crippen LogP) is 2.80. The standard InChI is InChI=1S/C15H18N2O3/c1-4-19-14(18)13-10-20-15(16-13)17(3)9-12-7-5-6-11(2)8-12/h5-8,10H,4,9H2,1-3H3. The van der Waals surface area contributed by atoms with Crippen LogP contribution in [0.15, 0.2) is 34.9 Å². The number of benzene rings is 1. The molecule has 0 aliphatic rings. The zero-order valence-electron chi connectivity index (χ0n) is 11.9. The van der Waals surface area contributed by atoms with Gasteiger partial charge in [-0.3, -0.25) is 0 Å². The summed E-state index contributed by atoms with van der Waals surface area (Å²) in [6.07, 6.45) is 1.32. The van der Waals surface area contributed by atoms with Crippen LogP contribution in [0.1, 0.15) is 28.5 Å². The SMILES string of the molecule is CCOC(=O)c1coc(N(C)Cc2cccc(C)c2)n1. The summed E-state index contributed by atoms with van der Waals surface area (Å²) < 4.78 is 10.2. The molecule has 0 amide bonds. The van der Waals surface area contributed by atoms with E-state index in [-0.39, 0.29) is 5.69 Å². The van der Waals surface area contributed by atoms with E-state index in [9.17, 15) is 4.79 Å². The third-order valence-corrected chi connectivity index (χ3v) is 2.81. The van der Waals surface area contributed by atoms with Crippen molar-refractivity contribution >= 4 is 12.0 Å². The largest absolute Gasteiger partial charge is 0.461 e. The third-order valence-electron chi connectivity index (χ3n) is 2.81. The van der Waals surface area contributed by atoms with Gasteiger partial charge in [-0.25, -0.2) is 4.79 Å². The van der Waals surface area contributed by atoms with Gasteiger partial charge in [0.1, 0.15) is 6.26 Å². The Kier molecular flexibility index (Phi) is 4.40. The van der Waals surface area contributed by atoms with Gasteiger partial charge in [-0.05, 0) is 19.4 Å². The minimum atomic E-state index is -0.466. The van der Waals surface area contributed by atoms with E-state index in [2.05, 4.69) is 11.1 Å². The minimum Gasteiger partial charge on any atom is -0.461 e.